The van der Waals surface area contributed by atoms with Crippen LogP contribution in [0.2, 0.25) is 0 Å². The predicted octanol–water partition coefficient (Wildman–Crippen LogP) is -1.47. The molecule has 0 bridgehead atoms. The Balaban J connectivity index is 0.000000310. The lowest BCUT2D eigenvalue weighted by Gasteiger charge is -1.84. The third kappa shape index (κ3) is 6.18. The molecular weight excluding hydrogens is 197 g/mol. The van der Waals surface area contributed by atoms with Gasteiger partial charge in [-0.1, -0.05) is 0 Å². The highest BCUT2D eigenvalue weighted by molar-refractivity contribution is 7.42. The van der Waals surface area contributed by atoms with E-state index in [9.17, 15) is 9.59 Å². The van der Waals surface area contributed by atoms with Gasteiger partial charge in [0.2, 0.25) is 8.53 Å². The molecule has 0 amide bonds. The minimum absolute atomic E-state index is 0.334. The zero-order valence-corrected chi connectivity index (χ0v) is 7.71. The van der Waals surface area contributed by atoms with Gasteiger partial charge in [0.15, 0.2) is 0 Å². The largest absolute Gasteiger partial charge is 0.338 e. The molecule has 1 rings (SSSR count). The summed E-state index contributed by atoms with van der Waals surface area (Å²) < 4.78 is 0. The average molecular weight is 207 g/mol. The predicted molar refractivity (Wildman–Crippen MR) is 48.0 cm³/mol. The highest BCUT2D eigenvalue weighted by Gasteiger charge is 1.88. The molecule has 0 radical (unpaired) electrons. The molecule has 74 valence electrons. The monoisotopic (exact) mass is 207 g/mol. The number of hydrogen-bond acceptors (Lipinski definition) is 5. The number of nitrogens with one attached hydrogen (secondary N) is 2. The normalized spacial score (nSPS) is 9.31. The topological polar surface area (TPSA) is 132 Å². The van der Waals surface area contributed by atoms with E-state index in [1.54, 1.807) is 6.92 Å². The molecule has 0 aliphatic heterocycles. The van der Waals surface area contributed by atoms with Crippen molar-refractivity contribution >= 4 is 8.53 Å². The molecule has 0 aromatic carbocycles. The second-order valence-electron chi connectivity index (χ2n) is 2.08. The van der Waals surface area contributed by atoms with Crippen LogP contribution in [0.15, 0.2) is 15.8 Å². The van der Waals surface area contributed by atoms with E-state index >= 15 is 0 Å². The van der Waals surface area contributed by atoms with Gasteiger partial charge in [-0.3, -0.25) is 15.3 Å². The lowest BCUT2D eigenvalue weighted by atomic mass is 10.4. The molecule has 0 unspecified atom stereocenters. The van der Waals surface area contributed by atoms with Gasteiger partial charge in [-0.15, -0.1) is 0 Å². The van der Waals surface area contributed by atoms with Gasteiger partial charge in [-0.2, -0.15) is 0 Å². The Hall–Kier alpha value is -1.01. The van der Waals surface area contributed by atoms with Crippen LogP contribution in [-0.2, 0) is 0 Å². The van der Waals surface area contributed by atoms with Crippen LogP contribution in [0.3, 0.4) is 0 Å². The molecule has 1 heterocycles. The van der Waals surface area contributed by atoms with Crippen LogP contribution in [0.5, 0.6) is 0 Å². The maximum Gasteiger partial charge on any atom is 0.325 e. The highest BCUT2D eigenvalue weighted by atomic mass is 31.2. The van der Waals surface area contributed by atoms with Gasteiger partial charge < -0.3 is 14.8 Å². The van der Waals surface area contributed by atoms with Gasteiger partial charge in [0.25, 0.3) is 5.56 Å². The Morgan fingerprint density at radius 2 is 1.92 bits per heavy atom. The lowest BCUT2D eigenvalue weighted by molar-refractivity contribution is 0.485. The molecule has 0 saturated heterocycles. The smallest absolute Gasteiger partial charge is 0.325 e. The van der Waals surface area contributed by atoms with E-state index in [4.69, 9.17) is 9.79 Å². The number of aryl methyl sites for hydroxylation is 1. The summed E-state index contributed by atoms with van der Waals surface area (Å²) in [5.74, 6) is 0. The van der Waals surface area contributed by atoms with Crippen molar-refractivity contribution in [1.29, 1.82) is 0 Å². The number of H-pyrrole nitrogens is 2. The quantitative estimate of drug-likeness (QED) is 0.331. The summed E-state index contributed by atoms with van der Waals surface area (Å²) in [4.78, 5) is 40.2. The Labute approximate surface area is 74.2 Å². The van der Waals surface area contributed by atoms with Crippen molar-refractivity contribution in [2.24, 2.45) is 5.50 Å². The van der Waals surface area contributed by atoms with E-state index < -0.39 is 14.2 Å². The van der Waals surface area contributed by atoms with Crippen molar-refractivity contribution in [3.63, 3.8) is 0 Å². The fourth-order valence-corrected chi connectivity index (χ4v) is 0.477. The first-order valence-electron chi connectivity index (χ1n) is 3.14. The lowest BCUT2D eigenvalue weighted by Crippen LogP contribution is -2.22. The zero-order valence-electron chi connectivity index (χ0n) is 6.81. The van der Waals surface area contributed by atoms with Crippen molar-refractivity contribution in [3.8, 4) is 0 Å². The van der Waals surface area contributed by atoms with Gasteiger partial charge in [0.05, 0.1) is 0 Å². The first-order valence-corrected chi connectivity index (χ1v) is 4.46. The first kappa shape index (κ1) is 12.0. The highest BCUT2D eigenvalue weighted by Crippen LogP contribution is 2.05. The molecule has 0 spiro atoms. The summed E-state index contributed by atoms with van der Waals surface area (Å²) in [6.07, 6.45) is 1.38. The van der Waals surface area contributed by atoms with Crippen molar-refractivity contribution in [3.05, 3.63) is 32.6 Å². The summed E-state index contributed by atoms with van der Waals surface area (Å²) in [7, 11) is -2.12. The second kappa shape index (κ2) is 5.60. The molecule has 0 atom stereocenters. The fourth-order valence-electron chi connectivity index (χ4n) is 0.477. The van der Waals surface area contributed by atoms with Crippen LogP contribution in [0.4, 0.5) is 0 Å². The molecule has 13 heavy (non-hydrogen) atoms. The maximum atomic E-state index is 10.6. The average Bonchev–Trinajstić information content (AvgIpc) is 1.96. The maximum absolute atomic E-state index is 10.6. The van der Waals surface area contributed by atoms with E-state index in [0.717, 1.165) is 0 Å². The molecule has 0 aliphatic rings. The van der Waals surface area contributed by atoms with Gasteiger partial charge in [-0.25, -0.2) is 4.79 Å². The van der Waals surface area contributed by atoms with E-state index in [1.807, 2.05) is 0 Å². The molecule has 0 fully saturated rings. The second-order valence-corrected chi connectivity index (χ2v) is 2.72. The van der Waals surface area contributed by atoms with E-state index in [0.29, 0.717) is 5.56 Å². The molecular formula is C5H10N3O4P. The molecule has 1 aromatic rings. The molecule has 7 nitrogen and oxygen atoms in total. The van der Waals surface area contributed by atoms with Gasteiger partial charge in [0.1, 0.15) is 0 Å². The van der Waals surface area contributed by atoms with Crippen LogP contribution in [0.25, 0.3) is 0 Å². The summed E-state index contributed by atoms with van der Waals surface area (Å²) in [5.41, 5.74) is 3.99. The van der Waals surface area contributed by atoms with Crippen molar-refractivity contribution in [1.82, 2.24) is 9.97 Å². The zero-order chi connectivity index (χ0) is 10.4. The molecule has 0 saturated carbocycles. The summed E-state index contributed by atoms with van der Waals surface area (Å²) in [5, 5.41) is 0. The Kier molecular flexibility index (Phi) is 5.17. The summed E-state index contributed by atoms with van der Waals surface area (Å²) in [6, 6.07) is 0. The first-order chi connectivity index (χ1) is 5.93. The summed E-state index contributed by atoms with van der Waals surface area (Å²) in [6.45, 7) is 1.62. The molecule has 8 heteroatoms. The standard InChI is InChI=1S/C5H6N2O2.H4NO2P/c1-3-2-6-5(9)7-4(3)8;1-4(2)3/h2H,1H3,(H2,6,7,8,9);2-3H,1H2. The third-order valence-electron chi connectivity index (χ3n) is 1.00. The van der Waals surface area contributed by atoms with Gasteiger partial charge in [0, 0.05) is 11.8 Å². The Morgan fingerprint density at radius 1 is 1.46 bits per heavy atom. The van der Waals surface area contributed by atoms with Crippen LogP contribution < -0.4 is 16.8 Å². The number of aromatic nitrogens is 2. The van der Waals surface area contributed by atoms with E-state index in [-0.39, 0.29) is 5.56 Å². The van der Waals surface area contributed by atoms with E-state index in [1.165, 1.54) is 6.20 Å². The van der Waals surface area contributed by atoms with E-state index in [2.05, 4.69) is 15.5 Å². The Morgan fingerprint density at radius 3 is 2.23 bits per heavy atom. The molecule has 0 aliphatic carbocycles. The van der Waals surface area contributed by atoms with Crippen LogP contribution in [-0.4, -0.2) is 19.8 Å². The SMILES string of the molecule is Cc1c[nH]c(=O)[nH]c1=O.NP(O)O. The van der Waals surface area contributed by atoms with Crippen LogP contribution in [0, 0.1) is 6.92 Å². The van der Waals surface area contributed by atoms with Crippen LogP contribution >= 0.6 is 8.53 Å². The van der Waals surface area contributed by atoms with Crippen molar-refractivity contribution in [2.75, 3.05) is 0 Å². The number of hydrogen-bond donors (Lipinski definition) is 5. The molecule has 6 N–H and O–H groups in total. The van der Waals surface area contributed by atoms with Gasteiger partial charge >= 0.3 is 5.69 Å². The van der Waals surface area contributed by atoms with Crippen LogP contribution in [0.1, 0.15) is 5.56 Å². The number of rotatable bonds is 0. The number of aromatic amines is 2. The molecule has 1 aromatic heterocycles. The minimum Gasteiger partial charge on any atom is -0.338 e. The summed E-state index contributed by atoms with van der Waals surface area (Å²) >= 11 is 0. The van der Waals surface area contributed by atoms with Crippen molar-refractivity contribution in [2.45, 2.75) is 6.92 Å². The van der Waals surface area contributed by atoms with Crippen molar-refractivity contribution < 1.29 is 9.79 Å². The Bertz CT molecular complexity index is 355. The number of nitrogens with two attached hydrogens (primary N) is 1. The van der Waals surface area contributed by atoms with Gasteiger partial charge in [-0.05, 0) is 6.92 Å². The minimum atomic E-state index is -2.12. The fraction of sp³-hybridized carbons (Fsp3) is 0.200. The third-order valence-corrected chi connectivity index (χ3v) is 1.00.